The lowest BCUT2D eigenvalue weighted by Gasteiger charge is -2.34. The van der Waals surface area contributed by atoms with E-state index in [0.29, 0.717) is 47.9 Å². The number of fused-ring (bicyclic) bond motifs is 1. The van der Waals surface area contributed by atoms with Gasteiger partial charge in [-0.3, -0.25) is 24.3 Å². The van der Waals surface area contributed by atoms with Gasteiger partial charge in [0.25, 0.3) is 17.7 Å². The number of carbonyl (C=O) groups is 3. The van der Waals surface area contributed by atoms with Crippen LogP contribution in [0.2, 0.25) is 0 Å². The number of benzene rings is 1. The molecule has 2 aliphatic rings. The number of nitrogens with one attached hydrogen (secondary N) is 2. The zero-order chi connectivity index (χ0) is 32.0. The fraction of sp³-hybridized carbons (Fsp3) is 0.400. The number of hydrazine groups is 1. The third-order valence-electron chi connectivity index (χ3n) is 7.76. The van der Waals surface area contributed by atoms with E-state index in [-0.39, 0.29) is 11.5 Å². The summed E-state index contributed by atoms with van der Waals surface area (Å²) in [5.74, 6) is 1.75. The number of nitriles is 1. The lowest BCUT2D eigenvalue weighted by atomic mass is 10.1. The Bertz CT molecular complexity index is 1610. The lowest BCUT2D eigenvalue weighted by molar-refractivity contribution is -0.131. The van der Waals surface area contributed by atoms with Gasteiger partial charge in [0.05, 0.1) is 36.8 Å². The third-order valence-corrected chi connectivity index (χ3v) is 7.76. The molecule has 1 atom stereocenters. The molecule has 2 aromatic heterocycles. The van der Waals surface area contributed by atoms with Crippen LogP contribution in [0.3, 0.4) is 0 Å². The second-order valence-corrected chi connectivity index (χ2v) is 10.8. The number of pyridine rings is 2. The minimum Gasteiger partial charge on any atom is -0.494 e. The highest BCUT2D eigenvalue weighted by atomic mass is 19.3. The first kappa shape index (κ1) is 31.5. The van der Waals surface area contributed by atoms with E-state index in [4.69, 9.17) is 15.8 Å². The number of ether oxygens (including phenoxy) is 1. The Kier molecular flexibility index (Phi) is 9.65. The van der Waals surface area contributed by atoms with Gasteiger partial charge in [-0.1, -0.05) is 6.07 Å². The fourth-order valence-corrected chi connectivity index (χ4v) is 5.41. The van der Waals surface area contributed by atoms with Crippen molar-refractivity contribution in [3.05, 3.63) is 59.9 Å². The summed E-state index contributed by atoms with van der Waals surface area (Å²) in [4.78, 5) is 51.6. The summed E-state index contributed by atoms with van der Waals surface area (Å²) in [7, 11) is 0. The summed E-state index contributed by atoms with van der Waals surface area (Å²) in [6, 6.07) is 12.2. The van der Waals surface area contributed by atoms with Crippen molar-refractivity contribution in [1.29, 1.82) is 5.26 Å². The van der Waals surface area contributed by atoms with Crippen LogP contribution in [-0.2, 0) is 4.79 Å². The molecule has 15 heteroatoms. The second kappa shape index (κ2) is 13.8. The number of aromatic nitrogens is 2. The smallest absolute Gasteiger partial charge is 0.272 e. The van der Waals surface area contributed by atoms with Gasteiger partial charge in [0.15, 0.2) is 0 Å². The first-order valence-corrected chi connectivity index (χ1v) is 14.5. The van der Waals surface area contributed by atoms with Gasteiger partial charge in [-0.25, -0.2) is 19.6 Å². The van der Waals surface area contributed by atoms with Gasteiger partial charge in [0, 0.05) is 50.7 Å². The molecule has 3 aromatic rings. The highest BCUT2D eigenvalue weighted by Crippen LogP contribution is 2.31. The second-order valence-electron chi connectivity index (χ2n) is 10.8. The number of rotatable bonds is 10. The van der Waals surface area contributed by atoms with Crippen LogP contribution >= 0.6 is 0 Å². The monoisotopic (exact) mass is 621 g/mol. The minimum atomic E-state index is -3.14. The standard InChI is InChI=1S/C30H33F2N9O4/c31-30(32)16-20(17-33)41(19-30)27(42)18-36-28(43)22-7-8-35-24-6-5-21(15-23(22)24)45-14-2-9-39-10-12-40(13-11-39)29(44)25-3-1-4-26(37-25)38-34/h1,3-8,15,20H,2,9-14,16,18-19,34H2,(H,36,43)(H,37,38)/t20-/m0/s1. The highest BCUT2D eigenvalue weighted by Gasteiger charge is 2.47. The van der Waals surface area contributed by atoms with Crippen molar-refractivity contribution in [3.63, 3.8) is 0 Å². The average Bonchev–Trinajstić information content (AvgIpc) is 3.39. The van der Waals surface area contributed by atoms with Gasteiger partial charge in [-0.2, -0.15) is 5.26 Å². The van der Waals surface area contributed by atoms with E-state index in [1.54, 1.807) is 47.4 Å². The van der Waals surface area contributed by atoms with E-state index >= 15 is 0 Å². The SMILES string of the molecule is N#C[C@@H]1CC(F)(F)CN1C(=O)CNC(=O)c1ccnc2ccc(OCCCN3CCN(C(=O)c4cccc(NN)n4)CC3)cc12. The summed E-state index contributed by atoms with van der Waals surface area (Å²) in [5, 5.41) is 12.1. The number of amides is 3. The Balaban J connectivity index is 1.09. The number of nitrogens with two attached hydrogens (primary N) is 1. The van der Waals surface area contributed by atoms with E-state index in [1.165, 1.54) is 12.3 Å². The van der Waals surface area contributed by atoms with Crippen LogP contribution < -0.4 is 21.3 Å². The quantitative estimate of drug-likeness (QED) is 0.172. The maximum absolute atomic E-state index is 13.7. The normalized spacial score (nSPS) is 18.0. The van der Waals surface area contributed by atoms with Gasteiger partial charge in [0.1, 0.15) is 23.3 Å². The van der Waals surface area contributed by atoms with Crippen LogP contribution in [0, 0.1) is 11.3 Å². The number of piperazine rings is 1. The molecule has 13 nitrogen and oxygen atoms in total. The van der Waals surface area contributed by atoms with Crippen LogP contribution in [0.15, 0.2) is 48.7 Å². The predicted molar refractivity (Wildman–Crippen MR) is 159 cm³/mol. The molecule has 2 saturated heterocycles. The largest absolute Gasteiger partial charge is 0.494 e. The van der Waals surface area contributed by atoms with E-state index in [9.17, 15) is 23.2 Å². The molecule has 0 saturated carbocycles. The van der Waals surface area contributed by atoms with Crippen molar-refractivity contribution in [2.24, 2.45) is 5.84 Å². The third kappa shape index (κ3) is 7.59. The Morgan fingerprint density at radius 1 is 1.13 bits per heavy atom. The van der Waals surface area contributed by atoms with E-state index in [0.717, 1.165) is 31.0 Å². The number of nitrogen functional groups attached to an aromatic ring is 1. The Labute approximate surface area is 257 Å². The highest BCUT2D eigenvalue weighted by molar-refractivity contribution is 6.07. The first-order chi connectivity index (χ1) is 21.7. The number of nitrogens with zero attached hydrogens (tertiary/aromatic N) is 6. The summed E-state index contributed by atoms with van der Waals surface area (Å²) in [6.45, 7) is 2.43. The Morgan fingerprint density at radius 2 is 1.93 bits per heavy atom. The molecular weight excluding hydrogens is 588 g/mol. The van der Waals surface area contributed by atoms with Crippen molar-refractivity contribution in [2.45, 2.75) is 24.8 Å². The molecule has 0 unspecified atom stereocenters. The number of hydrogen-bond donors (Lipinski definition) is 3. The fourth-order valence-electron chi connectivity index (χ4n) is 5.41. The van der Waals surface area contributed by atoms with Gasteiger partial charge in [-0.15, -0.1) is 0 Å². The molecule has 2 aliphatic heterocycles. The van der Waals surface area contributed by atoms with Crippen LogP contribution in [0.1, 0.15) is 33.7 Å². The molecule has 236 valence electrons. The summed E-state index contributed by atoms with van der Waals surface area (Å²) in [6.07, 6.45) is 1.48. The molecule has 5 rings (SSSR count). The van der Waals surface area contributed by atoms with Crippen molar-refractivity contribution in [1.82, 2.24) is 30.0 Å². The molecule has 0 aliphatic carbocycles. The molecule has 3 amide bonds. The topological polar surface area (TPSA) is 170 Å². The maximum atomic E-state index is 13.7. The molecule has 1 aromatic carbocycles. The molecule has 0 radical (unpaired) electrons. The molecule has 4 heterocycles. The van der Waals surface area contributed by atoms with Crippen molar-refractivity contribution in [2.75, 3.05) is 57.8 Å². The van der Waals surface area contributed by atoms with Crippen molar-refractivity contribution >= 4 is 34.4 Å². The first-order valence-electron chi connectivity index (χ1n) is 14.5. The summed E-state index contributed by atoms with van der Waals surface area (Å²) >= 11 is 0. The van der Waals surface area contributed by atoms with Crippen LogP contribution in [0.5, 0.6) is 5.75 Å². The van der Waals surface area contributed by atoms with E-state index in [1.807, 2.05) is 0 Å². The average molecular weight is 622 g/mol. The van der Waals surface area contributed by atoms with Gasteiger partial charge in [-0.05, 0) is 42.8 Å². The number of hydrogen-bond acceptors (Lipinski definition) is 10. The van der Waals surface area contributed by atoms with Crippen LogP contribution in [0.4, 0.5) is 14.6 Å². The molecule has 4 N–H and O–H groups in total. The number of alkyl halides is 2. The number of anilines is 1. The van der Waals surface area contributed by atoms with Crippen LogP contribution in [-0.4, -0.2) is 107 Å². The Morgan fingerprint density at radius 3 is 2.69 bits per heavy atom. The molecule has 2 fully saturated rings. The van der Waals surface area contributed by atoms with E-state index in [2.05, 4.69) is 25.6 Å². The Hall–Kier alpha value is -4.94. The lowest BCUT2D eigenvalue weighted by Crippen LogP contribution is -2.49. The van der Waals surface area contributed by atoms with Crippen molar-refractivity contribution in [3.8, 4) is 11.8 Å². The van der Waals surface area contributed by atoms with Crippen LogP contribution in [0.25, 0.3) is 10.9 Å². The number of likely N-dealkylation sites (tertiary alicyclic amines) is 1. The van der Waals surface area contributed by atoms with E-state index < -0.39 is 43.3 Å². The maximum Gasteiger partial charge on any atom is 0.272 e. The zero-order valence-electron chi connectivity index (χ0n) is 24.4. The van der Waals surface area contributed by atoms with Crippen molar-refractivity contribution < 1.29 is 27.9 Å². The predicted octanol–water partition coefficient (Wildman–Crippen LogP) is 1.63. The number of halogens is 2. The molecule has 0 spiro atoms. The van der Waals surface area contributed by atoms with Gasteiger partial charge >= 0.3 is 0 Å². The number of carbonyl (C=O) groups excluding carboxylic acids is 3. The van der Waals surface area contributed by atoms with Gasteiger partial charge in [0.2, 0.25) is 5.91 Å². The molecule has 45 heavy (non-hydrogen) atoms. The molecule has 0 bridgehead atoms. The molecular formula is C30H33F2N9O4. The van der Waals surface area contributed by atoms with Gasteiger partial charge < -0.3 is 25.3 Å². The summed E-state index contributed by atoms with van der Waals surface area (Å²) < 4.78 is 33.4. The minimum absolute atomic E-state index is 0.135. The zero-order valence-corrected chi connectivity index (χ0v) is 24.4. The summed E-state index contributed by atoms with van der Waals surface area (Å²) in [5.41, 5.74) is 3.58.